The molecule has 0 spiro atoms. The van der Waals surface area contributed by atoms with Crippen LogP contribution in [-0.4, -0.2) is 10.9 Å². The Balaban J connectivity index is 2.28. The molecule has 0 saturated heterocycles. The predicted octanol–water partition coefficient (Wildman–Crippen LogP) is 3.57. The zero-order valence-electron chi connectivity index (χ0n) is 9.88. The molecule has 0 unspecified atom stereocenters. The van der Waals surface area contributed by atoms with Gasteiger partial charge in [-0.05, 0) is 30.7 Å². The molecule has 1 heterocycles. The molecule has 6 heteroatoms. The van der Waals surface area contributed by atoms with Gasteiger partial charge in [0, 0.05) is 0 Å². The highest BCUT2D eigenvalue weighted by atomic mass is 35.5. The minimum atomic E-state index is -1.18. The fraction of sp³-hybridized carbons (Fsp3) is 0.0769. The standard InChI is InChI=1S/C13H9ClF2N2O/c1-7-5-11(14)17-6-10(7)18-13(19)8-3-2-4-9(15)12(8)16/h2-6H,1H3,(H,18,19). The number of amides is 1. The Bertz CT molecular complexity index is 647. The van der Waals surface area contributed by atoms with Crippen LogP contribution in [0.1, 0.15) is 15.9 Å². The highest BCUT2D eigenvalue weighted by molar-refractivity contribution is 6.29. The maximum atomic E-state index is 13.4. The Morgan fingerprint density at radius 2 is 2.11 bits per heavy atom. The van der Waals surface area contributed by atoms with Crippen LogP contribution >= 0.6 is 11.6 Å². The second-order valence-electron chi connectivity index (χ2n) is 3.88. The number of anilines is 1. The van der Waals surface area contributed by atoms with E-state index in [0.29, 0.717) is 11.3 Å². The van der Waals surface area contributed by atoms with Gasteiger partial charge in [-0.1, -0.05) is 17.7 Å². The summed E-state index contributed by atoms with van der Waals surface area (Å²) in [6.45, 7) is 1.71. The van der Waals surface area contributed by atoms with Crippen molar-refractivity contribution in [3.8, 4) is 0 Å². The summed E-state index contributed by atoms with van der Waals surface area (Å²) in [5.41, 5.74) is 0.692. The number of carbonyl (C=O) groups excluding carboxylic acids is 1. The molecule has 0 aliphatic rings. The largest absolute Gasteiger partial charge is 0.320 e. The first-order valence-corrected chi connectivity index (χ1v) is 5.74. The van der Waals surface area contributed by atoms with Gasteiger partial charge in [0.25, 0.3) is 5.91 Å². The van der Waals surface area contributed by atoms with E-state index in [1.807, 2.05) is 0 Å². The molecule has 1 aromatic heterocycles. The molecule has 1 amide bonds. The Morgan fingerprint density at radius 1 is 1.37 bits per heavy atom. The van der Waals surface area contributed by atoms with Crippen molar-refractivity contribution >= 4 is 23.2 Å². The van der Waals surface area contributed by atoms with Crippen LogP contribution in [0.4, 0.5) is 14.5 Å². The summed E-state index contributed by atoms with van der Waals surface area (Å²) >= 11 is 5.68. The first-order chi connectivity index (χ1) is 8.99. The van der Waals surface area contributed by atoms with Crippen LogP contribution in [0, 0.1) is 18.6 Å². The molecule has 0 atom stereocenters. The molecule has 98 valence electrons. The Hall–Kier alpha value is -2.01. The number of hydrogen-bond acceptors (Lipinski definition) is 2. The van der Waals surface area contributed by atoms with Crippen molar-refractivity contribution < 1.29 is 13.6 Å². The van der Waals surface area contributed by atoms with E-state index in [4.69, 9.17) is 11.6 Å². The van der Waals surface area contributed by atoms with Crippen molar-refractivity contribution in [1.29, 1.82) is 0 Å². The quantitative estimate of drug-likeness (QED) is 0.856. The van der Waals surface area contributed by atoms with E-state index in [0.717, 1.165) is 6.07 Å². The van der Waals surface area contributed by atoms with Gasteiger partial charge < -0.3 is 5.32 Å². The second-order valence-corrected chi connectivity index (χ2v) is 4.26. The highest BCUT2D eigenvalue weighted by Gasteiger charge is 2.15. The number of halogens is 3. The number of carbonyl (C=O) groups is 1. The van der Waals surface area contributed by atoms with Crippen molar-refractivity contribution in [3.05, 3.63) is 58.4 Å². The van der Waals surface area contributed by atoms with Crippen LogP contribution in [-0.2, 0) is 0 Å². The number of nitrogens with zero attached hydrogens (tertiary/aromatic N) is 1. The molecule has 19 heavy (non-hydrogen) atoms. The molecule has 0 radical (unpaired) electrons. The van der Waals surface area contributed by atoms with E-state index in [9.17, 15) is 13.6 Å². The number of aryl methyl sites for hydroxylation is 1. The first kappa shape index (κ1) is 13.4. The summed E-state index contributed by atoms with van der Waals surface area (Å²) in [7, 11) is 0. The zero-order valence-corrected chi connectivity index (χ0v) is 10.6. The van der Waals surface area contributed by atoms with Gasteiger partial charge in [0.2, 0.25) is 0 Å². The lowest BCUT2D eigenvalue weighted by Crippen LogP contribution is -2.15. The van der Waals surface area contributed by atoms with Gasteiger partial charge in [0.15, 0.2) is 11.6 Å². The Morgan fingerprint density at radius 3 is 2.79 bits per heavy atom. The summed E-state index contributed by atoms with van der Waals surface area (Å²) in [6, 6.07) is 4.97. The van der Waals surface area contributed by atoms with E-state index >= 15 is 0 Å². The van der Waals surface area contributed by atoms with Crippen molar-refractivity contribution in [1.82, 2.24) is 4.98 Å². The van der Waals surface area contributed by atoms with Gasteiger partial charge in [-0.3, -0.25) is 4.79 Å². The number of nitrogens with one attached hydrogen (secondary N) is 1. The van der Waals surface area contributed by atoms with Gasteiger partial charge >= 0.3 is 0 Å². The third kappa shape index (κ3) is 2.88. The lowest BCUT2D eigenvalue weighted by atomic mass is 10.1. The molecule has 0 aliphatic heterocycles. The highest BCUT2D eigenvalue weighted by Crippen LogP contribution is 2.19. The first-order valence-electron chi connectivity index (χ1n) is 5.36. The molecule has 2 aromatic rings. The van der Waals surface area contributed by atoms with E-state index in [1.165, 1.54) is 18.3 Å². The maximum absolute atomic E-state index is 13.4. The van der Waals surface area contributed by atoms with Crippen LogP contribution in [0.3, 0.4) is 0 Å². The molecule has 3 nitrogen and oxygen atoms in total. The van der Waals surface area contributed by atoms with Gasteiger partial charge in [0.05, 0.1) is 17.4 Å². The lowest BCUT2D eigenvalue weighted by Gasteiger charge is -2.08. The number of hydrogen-bond donors (Lipinski definition) is 1. The Labute approximate surface area is 113 Å². The van der Waals surface area contributed by atoms with Crippen molar-refractivity contribution in [3.63, 3.8) is 0 Å². The SMILES string of the molecule is Cc1cc(Cl)ncc1NC(=O)c1cccc(F)c1F. The summed E-state index contributed by atoms with van der Waals surface area (Å²) in [6.07, 6.45) is 1.35. The zero-order chi connectivity index (χ0) is 14.0. The normalized spacial score (nSPS) is 10.3. The topological polar surface area (TPSA) is 42.0 Å². The molecular formula is C13H9ClF2N2O. The third-order valence-electron chi connectivity index (χ3n) is 2.52. The van der Waals surface area contributed by atoms with Gasteiger partial charge in [-0.25, -0.2) is 13.8 Å². The second kappa shape index (κ2) is 5.32. The minimum absolute atomic E-state index is 0.285. The smallest absolute Gasteiger partial charge is 0.258 e. The lowest BCUT2D eigenvalue weighted by molar-refractivity contribution is 0.102. The van der Waals surface area contributed by atoms with E-state index < -0.39 is 17.5 Å². The number of pyridine rings is 1. The molecule has 0 fully saturated rings. The van der Waals surface area contributed by atoms with E-state index in [-0.39, 0.29) is 10.7 Å². The average Bonchev–Trinajstić information content (AvgIpc) is 2.36. The summed E-state index contributed by atoms with van der Waals surface area (Å²) in [4.78, 5) is 15.7. The fourth-order valence-electron chi connectivity index (χ4n) is 1.52. The maximum Gasteiger partial charge on any atom is 0.258 e. The van der Waals surface area contributed by atoms with Gasteiger partial charge in [-0.2, -0.15) is 0 Å². The number of rotatable bonds is 2. The van der Waals surface area contributed by atoms with Crippen molar-refractivity contribution in [2.24, 2.45) is 0 Å². The van der Waals surface area contributed by atoms with Crippen LogP contribution in [0.15, 0.2) is 30.5 Å². The number of aromatic nitrogens is 1. The number of benzene rings is 1. The van der Waals surface area contributed by atoms with Crippen molar-refractivity contribution in [2.75, 3.05) is 5.32 Å². The fourth-order valence-corrected chi connectivity index (χ4v) is 1.73. The molecule has 0 aliphatic carbocycles. The van der Waals surface area contributed by atoms with E-state index in [1.54, 1.807) is 13.0 Å². The molecule has 1 aromatic carbocycles. The molecule has 2 rings (SSSR count). The summed E-state index contributed by atoms with van der Waals surface area (Å²) in [5.74, 6) is -3.00. The van der Waals surface area contributed by atoms with Crippen LogP contribution in [0.25, 0.3) is 0 Å². The van der Waals surface area contributed by atoms with Crippen LogP contribution in [0.2, 0.25) is 5.15 Å². The molecular weight excluding hydrogens is 274 g/mol. The summed E-state index contributed by atoms with van der Waals surface area (Å²) in [5, 5.41) is 2.74. The molecule has 0 saturated carbocycles. The summed E-state index contributed by atoms with van der Waals surface area (Å²) < 4.78 is 26.5. The monoisotopic (exact) mass is 282 g/mol. The molecule has 0 bridgehead atoms. The van der Waals surface area contributed by atoms with Crippen molar-refractivity contribution in [2.45, 2.75) is 6.92 Å². The van der Waals surface area contributed by atoms with Gasteiger partial charge in [-0.15, -0.1) is 0 Å². The predicted molar refractivity (Wildman–Crippen MR) is 68.3 cm³/mol. The molecule has 1 N–H and O–H groups in total. The van der Waals surface area contributed by atoms with Crippen LogP contribution in [0.5, 0.6) is 0 Å². The van der Waals surface area contributed by atoms with E-state index in [2.05, 4.69) is 10.3 Å². The third-order valence-corrected chi connectivity index (χ3v) is 2.73. The van der Waals surface area contributed by atoms with Crippen LogP contribution < -0.4 is 5.32 Å². The van der Waals surface area contributed by atoms with Gasteiger partial charge in [0.1, 0.15) is 5.15 Å². The Kier molecular flexibility index (Phi) is 3.76. The average molecular weight is 283 g/mol. The minimum Gasteiger partial charge on any atom is -0.320 e.